The molecule has 1 aromatic heterocycles. The Balaban J connectivity index is 1.86. The lowest BCUT2D eigenvalue weighted by Gasteiger charge is -2.31. The summed E-state index contributed by atoms with van der Waals surface area (Å²) >= 11 is 1.22. The fraction of sp³-hybridized carbons (Fsp3) is 0.727. The normalized spacial score (nSPS) is 25.8. The van der Waals surface area contributed by atoms with Crippen molar-refractivity contribution in [2.24, 2.45) is 0 Å². The van der Waals surface area contributed by atoms with E-state index in [0.29, 0.717) is 12.1 Å². The second-order valence-electron chi connectivity index (χ2n) is 4.22. The highest BCUT2D eigenvalue weighted by Gasteiger charge is 2.24. The Bertz CT molecular complexity index is 374. The number of ether oxygens (including phenoxy) is 1. The molecule has 0 spiro atoms. The van der Waals surface area contributed by atoms with Gasteiger partial charge in [0.2, 0.25) is 0 Å². The summed E-state index contributed by atoms with van der Waals surface area (Å²) in [6, 6.07) is 0.419. The van der Waals surface area contributed by atoms with Gasteiger partial charge in [-0.25, -0.2) is 0 Å². The molecule has 1 aromatic rings. The molecule has 4 nitrogen and oxygen atoms in total. The lowest BCUT2D eigenvalue weighted by molar-refractivity contribution is 0.0412. The van der Waals surface area contributed by atoms with E-state index in [1.165, 1.54) is 24.2 Å². The number of hydrogen-bond donors (Lipinski definition) is 2. The highest BCUT2D eigenvalue weighted by atomic mass is 32.1. The quantitative estimate of drug-likeness (QED) is 0.841. The second-order valence-corrected chi connectivity index (χ2v) is 5.06. The third-order valence-electron chi connectivity index (χ3n) is 3.13. The molecular weight excluding hydrogens is 224 g/mol. The van der Waals surface area contributed by atoms with E-state index in [2.05, 4.69) is 10.3 Å². The van der Waals surface area contributed by atoms with Crippen molar-refractivity contribution >= 4 is 11.3 Å². The lowest BCUT2D eigenvalue weighted by atomic mass is 9.92. The lowest BCUT2D eigenvalue weighted by Crippen LogP contribution is -2.42. The highest BCUT2D eigenvalue weighted by Crippen LogP contribution is 2.20. The second kappa shape index (κ2) is 5.61. The molecular formula is C11H18N2O2S. The summed E-state index contributed by atoms with van der Waals surface area (Å²) < 4.78 is 5.47. The van der Waals surface area contributed by atoms with Gasteiger partial charge in [-0.05, 0) is 12.8 Å². The van der Waals surface area contributed by atoms with Crippen molar-refractivity contribution in [2.75, 3.05) is 7.11 Å². The van der Waals surface area contributed by atoms with Gasteiger partial charge in [-0.3, -0.25) is 4.79 Å². The number of methoxy groups -OCH3 is 1. The minimum Gasteiger partial charge on any atom is -0.380 e. The van der Waals surface area contributed by atoms with Crippen LogP contribution in [-0.2, 0) is 11.3 Å². The zero-order valence-corrected chi connectivity index (χ0v) is 10.3. The number of nitrogens with one attached hydrogen (secondary N) is 2. The van der Waals surface area contributed by atoms with Crippen LogP contribution in [0.3, 0.4) is 0 Å². The molecule has 0 amide bonds. The van der Waals surface area contributed by atoms with Crippen LogP contribution in [0, 0.1) is 0 Å². The topological polar surface area (TPSA) is 54.1 Å². The van der Waals surface area contributed by atoms with Gasteiger partial charge in [0.05, 0.1) is 6.10 Å². The first-order valence-electron chi connectivity index (χ1n) is 5.72. The van der Waals surface area contributed by atoms with E-state index >= 15 is 0 Å². The Labute approximate surface area is 99.0 Å². The summed E-state index contributed by atoms with van der Waals surface area (Å²) in [5, 5.41) is 5.34. The molecule has 0 bridgehead atoms. The minimum absolute atomic E-state index is 0.0173. The predicted octanol–water partition coefficient (Wildman–Crippen LogP) is 1.48. The van der Waals surface area contributed by atoms with Crippen molar-refractivity contribution in [2.45, 2.75) is 44.4 Å². The Morgan fingerprint density at radius 1 is 1.56 bits per heavy atom. The van der Waals surface area contributed by atoms with E-state index in [1.54, 1.807) is 7.11 Å². The fourth-order valence-electron chi connectivity index (χ4n) is 2.25. The maximum atomic E-state index is 11.0. The Kier molecular flexibility index (Phi) is 4.15. The van der Waals surface area contributed by atoms with Crippen LogP contribution in [-0.4, -0.2) is 24.2 Å². The average molecular weight is 242 g/mol. The van der Waals surface area contributed by atoms with Crippen molar-refractivity contribution < 1.29 is 4.74 Å². The summed E-state index contributed by atoms with van der Waals surface area (Å²) in [7, 11) is 1.77. The fourth-order valence-corrected chi connectivity index (χ4v) is 2.84. The van der Waals surface area contributed by atoms with Crippen molar-refractivity contribution in [1.82, 2.24) is 10.3 Å². The molecule has 90 valence electrons. The molecule has 5 heteroatoms. The molecule has 1 aliphatic rings. The summed E-state index contributed by atoms with van der Waals surface area (Å²) in [5.74, 6) is 0. The van der Waals surface area contributed by atoms with Crippen LogP contribution < -0.4 is 10.2 Å². The zero-order valence-electron chi connectivity index (χ0n) is 9.49. The molecule has 0 aromatic carbocycles. The van der Waals surface area contributed by atoms with Gasteiger partial charge >= 0.3 is 4.87 Å². The molecule has 0 saturated heterocycles. The van der Waals surface area contributed by atoms with Crippen LogP contribution in [0.25, 0.3) is 0 Å². The number of aromatic nitrogens is 1. The van der Waals surface area contributed by atoms with Gasteiger partial charge in [0, 0.05) is 30.8 Å². The van der Waals surface area contributed by atoms with Crippen molar-refractivity contribution in [3.8, 4) is 0 Å². The predicted molar refractivity (Wildman–Crippen MR) is 64.8 cm³/mol. The number of hydrogen-bond acceptors (Lipinski definition) is 4. The summed E-state index contributed by atoms with van der Waals surface area (Å²) in [5.41, 5.74) is 0.968. The van der Waals surface area contributed by atoms with Gasteiger partial charge in [0.1, 0.15) is 0 Å². The molecule has 0 radical (unpaired) electrons. The molecule has 2 N–H and O–H groups in total. The third-order valence-corrected chi connectivity index (χ3v) is 3.85. The first-order chi connectivity index (χ1) is 7.79. The van der Waals surface area contributed by atoms with Gasteiger partial charge in [0.25, 0.3) is 0 Å². The Morgan fingerprint density at radius 2 is 2.38 bits per heavy atom. The standard InChI is InChI=1S/C11H18N2O2S/c1-15-10-5-3-2-4-9(10)12-6-8-7-16-11(14)13-8/h7,9-10,12H,2-6H2,1H3,(H,13,14). The molecule has 1 aliphatic carbocycles. The summed E-state index contributed by atoms with van der Waals surface area (Å²) in [4.78, 5) is 13.8. The Morgan fingerprint density at radius 3 is 3.06 bits per heavy atom. The van der Waals surface area contributed by atoms with Gasteiger partial charge in [0.15, 0.2) is 0 Å². The van der Waals surface area contributed by atoms with Gasteiger partial charge in [-0.2, -0.15) is 0 Å². The number of aromatic amines is 1. The van der Waals surface area contributed by atoms with Crippen LogP contribution >= 0.6 is 11.3 Å². The maximum Gasteiger partial charge on any atom is 0.304 e. The summed E-state index contributed by atoms with van der Waals surface area (Å²) in [6.07, 6.45) is 5.13. The maximum absolute atomic E-state index is 11.0. The van der Waals surface area contributed by atoms with Crippen molar-refractivity contribution in [1.29, 1.82) is 0 Å². The van der Waals surface area contributed by atoms with E-state index in [4.69, 9.17) is 4.74 Å². The third kappa shape index (κ3) is 2.93. The van der Waals surface area contributed by atoms with Crippen molar-refractivity contribution in [3.05, 3.63) is 20.7 Å². The number of rotatable bonds is 4. The van der Waals surface area contributed by atoms with Crippen LogP contribution in [0.1, 0.15) is 31.4 Å². The average Bonchev–Trinajstić information content (AvgIpc) is 2.73. The molecule has 2 unspecified atom stereocenters. The zero-order chi connectivity index (χ0) is 11.4. The molecule has 1 saturated carbocycles. The molecule has 2 atom stereocenters. The van der Waals surface area contributed by atoms with Crippen LogP contribution in [0.15, 0.2) is 10.2 Å². The highest BCUT2D eigenvalue weighted by molar-refractivity contribution is 7.07. The molecule has 16 heavy (non-hydrogen) atoms. The Hall–Kier alpha value is -0.650. The van der Waals surface area contributed by atoms with E-state index in [9.17, 15) is 4.79 Å². The van der Waals surface area contributed by atoms with Gasteiger partial charge < -0.3 is 15.0 Å². The first-order valence-corrected chi connectivity index (χ1v) is 6.60. The first kappa shape index (κ1) is 11.8. The van der Waals surface area contributed by atoms with Crippen molar-refractivity contribution in [3.63, 3.8) is 0 Å². The van der Waals surface area contributed by atoms with E-state index < -0.39 is 0 Å². The van der Waals surface area contributed by atoms with E-state index in [1.807, 2.05) is 5.38 Å². The number of thiazole rings is 1. The SMILES string of the molecule is COC1CCCCC1NCc1csc(=O)[nH]1. The molecule has 2 rings (SSSR count). The largest absolute Gasteiger partial charge is 0.380 e. The van der Waals surface area contributed by atoms with E-state index in [-0.39, 0.29) is 4.87 Å². The van der Waals surface area contributed by atoms with E-state index in [0.717, 1.165) is 25.1 Å². The molecule has 1 fully saturated rings. The van der Waals surface area contributed by atoms with Crippen LogP contribution in [0.4, 0.5) is 0 Å². The van der Waals surface area contributed by atoms with Crippen LogP contribution in [0.5, 0.6) is 0 Å². The molecule has 1 heterocycles. The van der Waals surface area contributed by atoms with Gasteiger partial charge in [-0.1, -0.05) is 24.2 Å². The molecule has 0 aliphatic heterocycles. The number of H-pyrrole nitrogens is 1. The van der Waals surface area contributed by atoms with Gasteiger partial charge in [-0.15, -0.1) is 0 Å². The smallest absolute Gasteiger partial charge is 0.304 e. The minimum atomic E-state index is 0.0173. The monoisotopic (exact) mass is 242 g/mol. The summed E-state index contributed by atoms with van der Waals surface area (Å²) in [6.45, 7) is 0.725. The van der Waals surface area contributed by atoms with Crippen LogP contribution in [0.2, 0.25) is 0 Å².